The molecule has 0 radical (unpaired) electrons. The second-order valence-electron chi connectivity index (χ2n) is 15.1. The van der Waals surface area contributed by atoms with Gasteiger partial charge in [0.15, 0.2) is 0 Å². The summed E-state index contributed by atoms with van der Waals surface area (Å²) in [5.74, 6) is 1.73. The van der Waals surface area contributed by atoms with Gasteiger partial charge in [0.25, 0.3) is 0 Å². The zero-order valence-electron chi connectivity index (χ0n) is 31.1. The molecule has 5 heterocycles. The Hall–Kier alpha value is -7.89. The number of pyridine rings is 1. The maximum absolute atomic E-state index is 6.14. The van der Waals surface area contributed by atoms with Crippen LogP contribution in [0.4, 0.5) is 0 Å². The Labute approximate surface area is 331 Å². The van der Waals surface area contributed by atoms with Gasteiger partial charge in [0.05, 0.1) is 22.1 Å². The SMILES string of the molecule is c1cc(-n2c3ccccc3c3cc(-c4ccc5oc6ccccc6c5c4)ccc32)nc(-n2c3ccccc3c3cc(-c4ccc5oc6ccccc6c5c4)ccc32)c1. The third-order valence-corrected chi connectivity index (χ3v) is 11.9. The molecule has 0 atom stereocenters. The molecule has 13 aromatic rings. The molecule has 0 N–H and O–H groups in total. The van der Waals surface area contributed by atoms with E-state index in [4.69, 9.17) is 13.8 Å². The summed E-state index contributed by atoms with van der Waals surface area (Å²) >= 11 is 0. The van der Waals surface area contributed by atoms with Crippen LogP contribution in [0.15, 0.2) is 197 Å². The second-order valence-corrected chi connectivity index (χ2v) is 15.1. The maximum Gasteiger partial charge on any atom is 0.140 e. The zero-order valence-corrected chi connectivity index (χ0v) is 31.1. The quantitative estimate of drug-likeness (QED) is 0.180. The van der Waals surface area contributed by atoms with Gasteiger partial charge in [-0.15, -0.1) is 0 Å². The van der Waals surface area contributed by atoms with E-state index >= 15 is 0 Å². The molecule has 5 heteroatoms. The molecule has 0 saturated carbocycles. The van der Waals surface area contributed by atoms with E-state index in [2.05, 4.69) is 173 Å². The number of benzene rings is 8. The molecule has 0 aliphatic carbocycles. The summed E-state index contributed by atoms with van der Waals surface area (Å²) in [5, 5.41) is 9.26. The van der Waals surface area contributed by atoms with Crippen LogP contribution in [0.5, 0.6) is 0 Å². The van der Waals surface area contributed by atoms with Gasteiger partial charge in [0.2, 0.25) is 0 Å². The van der Waals surface area contributed by atoms with Gasteiger partial charge in [0, 0.05) is 43.1 Å². The zero-order chi connectivity index (χ0) is 37.9. The van der Waals surface area contributed by atoms with Crippen molar-refractivity contribution in [3.63, 3.8) is 0 Å². The first-order valence-electron chi connectivity index (χ1n) is 19.6. The highest BCUT2D eigenvalue weighted by Crippen LogP contribution is 2.39. The van der Waals surface area contributed by atoms with Gasteiger partial charge in [-0.3, -0.25) is 9.13 Å². The van der Waals surface area contributed by atoms with Crippen molar-refractivity contribution in [1.29, 1.82) is 0 Å². The fraction of sp³-hybridized carbons (Fsp3) is 0. The van der Waals surface area contributed by atoms with E-state index in [0.29, 0.717) is 0 Å². The lowest BCUT2D eigenvalue weighted by molar-refractivity contribution is 0.668. The van der Waals surface area contributed by atoms with Crippen molar-refractivity contribution in [3.8, 4) is 33.9 Å². The lowest BCUT2D eigenvalue weighted by Gasteiger charge is -2.12. The summed E-state index contributed by atoms with van der Waals surface area (Å²) < 4.78 is 16.9. The third-order valence-electron chi connectivity index (χ3n) is 11.9. The summed E-state index contributed by atoms with van der Waals surface area (Å²) in [6, 6.07) is 66.7. The Morgan fingerprint density at radius 3 is 1.12 bits per heavy atom. The molecule has 5 aromatic heterocycles. The van der Waals surface area contributed by atoms with Gasteiger partial charge in [-0.05, 0) is 107 Å². The van der Waals surface area contributed by atoms with Crippen LogP contribution in [0.25, 0.3) is 121 Å². The van der Waals surface area contributed by atoms with Gasteiger partial charge in [-0.1, -0.05) is 103 Å². The average Bonchev–Trinajstić information content (AvgIpc) is 4.03. The van der Waals surface area contributed by atoms with Crippen molar-refractivity contribution in [3.05, 3.63) is 188 Å². The lowest BCUT2D eigenvalue weighted by Crippen LogP contribution is -2.03. The molecule has 0 amide bonds. The molecule has 13 rings (SSSR count). The first-order valence-corrected chi connectivity index (χ1v) is 19.6. The highest BCUT2D eigenvalue weighted by Gasteiger charge is 2.18. The van der Waals surface area contributed by atoms with Crippen LogP contribution in [-0.2, 0) is 0 Å². The van der Waals surface area contributed by atoms with Gasteiger partial charge >= 0.3 is 0 Å². The van der Waals surface area contributed by atoms with Crippen molar-refractivity contribution in [2.75, 3.05) is 0 Å². The van der Waals surface area contributed by atoms with Crippen LogP contribution in [0, 0.1) is 0 Å². The number of aromatic nitrogens is 3. The smallest absolute Gasteiger partial charge is 0.140 e. The first-order chi connectivity index (χ1) is 28.7. The number of rotatable bonds is 4. The maximum atomic E-state index is 6.14. The highest BCUT2D eigenvalue weighted by molar-refractivity contribution is 6.13. The molecule has 0 bridgehead atoms. The first kappa shape index (κ1) is 31.3. The summed E-state index contributed by atoms with van der Waals surface area (Å²) in [6.45, 7) is 0. The Kier molecular flexibility index (Phi) is 6.38. The predicted octanol–water partition coefficient (Wildman–Crippen LogP) is 14.4. The van der Waals surface area contributed by atoms with E-state index in [1.165, 1.54) is 21.5 Å². The Morgan fingerprint density at radius 1 is 0.276 bits per heavy atom. The molecule has 0 aliphatic heterocycles. The topological polar surface area (TPSA) is 49.0 Å². The number of furan rings is 2. The van der Waals surface area contributed by atoms with Crippen LogP contribution in [-0.4, -0.2) is 14.1 Å². The van der Waals surface area contributed by atoms with E-state index in [1.54, 1.807) is 0 Å². The van der Waals surface area contributed by atoms with Crippen LogP contribution in [0.2, 0.25) is 0 Å². The molecular weight excluding hydrogens is 711 g/mol. The number of nitrogens with zero attached hydrogens (tertiary/aromatic N) is 3. The largest absolute Gasteiger partial charge is 0.456 e. The minimum absolute atomic E-state index is 0.867. The van der Waals surface area contributed by atoms with Crippen molar-refractivity contribution < 1.29 is 8.83 Å². The van der Waals surface area contributed by atoms with Gasteiger partial charge < -0.3 is 8.83 Å². The van der Waals surface area contributed by atoms with E-state index < -0.39 is 0 Å². The van der Waals surface area contributed by atoms with Crippen molar-refractivity contribution in [2.45, 2.75) is 0 Å². The monoisotopic (exact) mass is 741 g/mol. The number of fused-ring (bicyclic) bond motifs is 12. The molecule has 0 fully saturated rings. The normalized spacial score (nSPS) is 12.1. The fourth-order valence-electron chi connectivity index (χ4n) is 9.27. The van der Waals surface area contributed by atoms with E-state index in [1.807, 2.05) is 24.3 Å². The van der Waals surface area contributed by atoms with E-state index in [0.717, 1.165) is 99.8 Å². The number of para-hydroxylation sites is 4. The third kappa shape index (κ3) is 4.50. The second kappa shape index (κ2) is 11.8. The average molecular weight is 742 g/mol. The van der Waals surface area contributed by atoms with Crippen LogP contribution in [0.3, 0.4) is 0 Å². The van der Waals surface area contributed by atoms with Crippen molar-refractivity contribution in [1.82, 2.24) is 14.1 Å². The minimum Gasteiger partial charge on any atom is -0.456 e. The Balaban J connectivity index is 0.951. The van der Waals surface area contributed by atoms with Gasteiger partial charge in [-0.25, -0.2) is 4.98 Å². The van der Waals surface area contributed by atoms with E-state index in [-0.39, 0.29) is 0 Å². The lowest BCUT2D eigenvalue weighted by atomic mass is 10.0. The van der Waals surface area contributed by atoms with Crippen LogP contribution >= 0.6 is 0 Å². The fourth-order valence-corrected chi connectivity index (χ4v) is 9.27. The number of hydrogen-bond acceptors (Lipinski definition) is 3. The molecule has 58 heavy (non-hydrogen) atoms. The molecule has 0 aliphatic rings. The molecule has 270 valence electrons. The van der Waals surface area contributed by atoms with Crippen molar-refractivity contribution >= 4 is 87.5 Å². The minimum atomic E-state index is 0.867. The Bertz CT molecular complexity index is 3570. The van der Waals surface area contributed by atoms with Gasteiger partial charge in [-0.2, -0.15) is 0 Å². The van der Waals surface area contributed by atoms with Gasteiger partial charge in [0.1, 0.15) is 34.0 Å². The van der Waals surface area contributed by atoms with E-state index in [9.17, 15) is 0 Å². The summed E-state index contributed by atoms with van der Waals surface area (Å²) in [6.07, 6.45) is 0. The Morgan fingerprint density at radius 2 is 0.638 bits per heavy atom. The summed E-state index contributed by atoms with van der Waals surface area (Å²) in [7, 11) is 0. The van der Waals surface area contributed by atoms with Crippen LogP contribution in [0.1, 0.15) is 0 Å². The molecule has 0 saturated heterocycles. The highest BCUT2D eigenvalue weighted by atomic mass is 16.3. The molecular formula is C53H31N3O2. The summed E-state index contributed by atoms with van der Waals surface area (Å²) in [5.41, 5.74) is 12.7. The summed E-state index contributed by atoms with van der Waals surface area (Å²) in [4.78, 5) is 5.44. The van der Waals surface area contributed by atoms with Crippen molar-refractivity contribution in [2.24, 2.45) is 0 Å². The molecule has 0 unspecified atom stereocenters. The number of hydrogen-bond donors (Lipinski definition) is 0. The molecule has 5 nitrogen and oxygen atoms in total. The molecule has 0 spiro atoms. The molecule has 8 aromatic carbocycles. The predicted molar refractivity (Wildman–Crippen MR) is 238 cm³/mol. The van der Waals surface area contributed by atoms with Crippen LogP contribution < -0.4 is 0 Å². The standard InChI is InChI=1S/C53H31N3O2/c1-5-14-44-36(10-1)40-28-32(34-22-26-50-42(30-34)38-12-3-7-16-48(38)57-50)20-24-46(40)55(44)52-18-9-19-53(54-52)56-45-15-6-2-11-37(45)41-29-33(21-25-47(41)56)35-23-27-51-43(31-35)39-13-4-8-17-49(39)58-51/h1-31H.